The summed E-state index contributed by atoms with van der Waals surface area (Å²) in [7, 11) is 0. The summed E-state index contributed by atoms with van der Waals surface area (Å²) in [6, 6.07) is 2.95. The van der Waals surface area contributed by atoms with Crippen molar-refractivity contribution < 1.29 is 18.3 Å². The van der Waals surface area contributed by atoms with Gasteiger partial charge >= 0.3 is 0 Å². The van der Waals surface area contributed by atoms with Gasteiger partial charge in [-0.15, -0.1) is 0 Å². The SMILES string of the molecule is O=C(c1ccc(F)cc1F)C1CSCCO1. The Morgan fingerprint density at radius 2 is 2.25 bits per heavy atom. The van der Waals surface area contributed by atoms with Crippen molar-refractivity contribution in [3.8, 4) is 0 Å². The maximum Gasteiger partial charge on any atom is 0.195 e. The van der Waals surface area contributed by atoms with E-state index in [4.69, 9.17) is 4.74 Å². The monoisotopic (exact) mass is 244 g/mol. The molecule has 1 aromatic carbocycles. The van der Waals surface area contributed by atoms with Crippen LogP contribution in [0.4, 0.5) is 8.78 Å². The topological polar surface area (TPSA) is 26.3 Å². The predicted molar refractivity (Wildman–Crippen MR) is 57.8 cm³/mol. The van der Waals surface area contributed by atoms with Gasteiger partial charge in [0.25, 0.3) is 0 Å². The molecular weight excluding hydrogens is 234 g/mol. The molecule has 0 bridgehead atoms. The first kappa shape index (κ1) is 11.5. The Bertz CT molecular complexity index is 403. The summed E-state index contributed by atoms with van der Waals surface area (Å²) >= 11 is 1.59. The van der Waals surface area contributed by atoms with Crippen molar-refractivity contribution in [2.24, 2.45) is 0 Å². The Hall–Kier alpha value is -0.940. The molecule has 1 aliphatic rings. The van der Waals surface area contributed by atoms with E-state index >= 15 is 0 Å². The molecule has 1 saturated heterocycles. The van der Waals surface area contributed by atoms with Gasteiger partial charge in [0.05, 0.1) is 12.2 Å². The molecule has 5 heteroatoms. The van der Waals surface area contributed by atoms with Crippen LogP contribution in [-0.4, -0.2) is 30.0 Å². The van der Waals surface area contributed by atoms with E-state index in [1.54, 1.807) is 11.8 Å². The van der Waals surface area contributed by atoms with Crippen molar-refractivity contribution in [2.45, 2.75) is 6.10 Å². The van der Waals surface area contributed by atoms with Crippen LogP contribution in [0.3, 0.4) is 0 Å². The third kappa shape index (κ3) is 2.41. The van der Waals surface area contributed by atoms with E-state index in [2.05, 4.69) is 0 Å². The van der Waals surface area contributed by atoms with Crippen molar-refractivity contribution in [1.82, 2.24) is 0 Å². The minimum absolute atomic E-state index is 0.103. The van der Waals surface area contributed by atoms with Gasteiger partial charge in [0.2, 0.25) is 0 Å². The van der Waals surface area contributed by atoms with Gasteiger partial charge in [-0.25, -0.2) is 8.78 Å². The number of halogens is 2. The summed E-state index contributed by atoms with van der Waals surface area (Å²) in [6.07, 6.45) is -0.612. The van der Waals surface area contributed by atoms with Gasteiger partial charge in [0.1, 0.15) is 17.7 Å². The fraction of sp³-hybridized carbons (Fsp3) is 0.364. The van der Waals surface area contributed by atoms with Crippen LogP contribution in [0.1, 0.15) is 10.4 Å². The number of ketones is 1. The average Bonchev–Trinajstić information content (AvgIpc) is 2.29. The first-order valence-corrected chi connectivity index (χ1v) is 6.02. The lowest BCUT2D eigenvalue weighted by molar-refractivity contribution is 0.0515. The van der Waals surface area contributed by atoms with Gasteiger partial charge in [0, 0.05) is 17.6 Å². The highest BCUT2D eigenvalue weighted by Gasteiger charge is 2.25. The van der Waals surface area contributed by atoms with Crippen molar-refractivity contribution in [1.29, 1.82) is 0 Å². The van der Waals surface area contributed by atoms with Gasteiger partial charge in [-0.1, -0.05) is 0 Å². The molecule has 1 unspecified atom stereocenters. The van der Waals surface area contributed by atoms with Gasteiger partial charge in [-0.3, -0.25) is 4.79 Å². The standard InChI is InChI=1S/C11H10F2O2S/c12-7-1-2-8(9(13)5-7)11(14)10-6-16-4-3-15-10/h1-2,5,10H,3-4,6H2. The number of carbonyl (C=O) groups is 1. The molecule has 1 aliphatic heterocycles. The van der Waals surface area contributed by atoms with Crippen LogP contribution in [0, 0.1) is 11.6 Å². The fourth-order valence-corrected chi connectivity index (χ4v) is 2.34. The van der Waals surface area contributed by atoms with E-state index in [0.717, 1.165) is 17.9 Å². The van der Waals surface area contributed by atoms with E-state index in [1.807, 2.05) is 0 Å². The van der Waals surface area contributed by atoms with Crippen molar-refractivity contribution in [2.75, 3.05) is 18.1 Å². The van der Waals surface area contributed by atoms with E-state index in [1.165, 1.54) is 0 Å². The Labute approximate surface area is 96.0 Å². The number of Topliss-reactive ketones (excluding diaryl/α,β-unsaturated/α-hetero) is 1. The second-order valence-corrected chi connectivity index (χ2v) is 4.57. The van der Waals surface area contributed by atoms with Crippen LogP contribution in [0.15, 0.2) is 18.2 Å². The van der Waals surface area contributed by atoms with Crippen LogP contribution < -0.4 is 0 Å². The molecular formula is C11H10F2O2S. The number of rotatable bonds is 2. The van der Waals surface area contributed by atoms with Crippen LogP contribution in [0.2, 0.25) is 0 Å². The van der Waals surface area contributed by atoms with Gasteiger partial charge in [0.15, 0.2) is 5.78 Å². The van der Waals surface area contributed by atoms with E-state index < -0.39 is 23.5 Å². The Kier molecular flexibility index (Phi) is 3.56. The predicted octanol–water partition coefficient (Wildman–Crippen LogP) is 2.28. The maximum absolute atomic E-state index is 13.3. The van der Waals surface area contributed by atoms with Crippen LogP contribution in [-0.2, 0) is 4.74 Å². The number of ether oxygens (including phenoxy) is 1. The summed E-state index contributed by atoms with van der Waals surface area (Å²) in [4.78, 5) is 11.8. The summed E-state index contributed by atoms with van der Waals surface area (Å²) in [5.74, 6) is -0.562. The molecule has 16 heavy (non-hydrogen) atoms. The highest BCUT2D eigenvalue weighted by Crippen LogP contribution is 2.19. The highest BCUT2D eigenvalue weighted by atomic mass is 32.2. The molecule has 1 heterocycles. The third-order valence-corrected chi connectivity index (χ3v) is 3.30. The third-order valence-electron chi connectivity index (χ3n) is 2.30. The molecule has 0 radical (unpaired) electrons. The zero-order valence-corrected chi connectivity index (χ0v) is 9.23. The van der Waals surface area contributed by atoms with Gasteiger partial charge in [-0.05, 0) is 12.1 Å². The Balaban J connectivity index is 2.19. The number of carbonyl (C=O) groups excluding carboxylic acids is 1. The van der Waals surface area contributed by atoms with Crippen molar-refractivity contribution in [3.63, 3.8) is 0 Å². The zero-order chi connectivity index (χ0) is 11.5. The molecule has 0 aromatic heterocycles. The molecule has 0 amide bonds. The van der Waals surface area contributed by atoms with Gasteiger partial charge in [-0.2, -0.15) is 11.8 Å². The molecule has 0 spiro atoms. The lowest BCUT2D eigenvalue weighted by atomic mass is 10.1. The molecule has 2 nitrogen and oxygen atoms in total. The minimum Gasteiger partial charge on any atom is -0.368 e. The van der Waals surface area contributed by atoms with E-state index in [0.29, 0.717) is 18.4 Å². The quantitative estimate of drug-likeness (QED) is 0.747. The number of thioether (sulfide) groups is 1. The number of benzene rings is 1. The van der Waals surface area contributed by atoms with E-state index in [9.17, 15) is 13.6 Å². The summed E-state index contributed by atoms with van der Waals surface area (Å²) in [5, 5.41) is 0. The van der Waals surface area contributed by atoms with Crippen LogP contribution >= 0.6 is 11.8 Å². The number of hydrogen-bond acceptors (Lipinski definition) is 3. The van der Waals surface area contributed by atoms with Crippen LogP contribution in [0.5, 0.6) is 0 Å². The molecule has 0 N–H and O–H groups in total. The molecule has 2 rings (SSSR count). The Morgan fingerprint density at radius 1 is 1.44 bits per heavy atom. The summed E-state index contributed by atoms with van der Waals surface area (Å²) in [6.45, 7) is 0.490. The summed E-state index contributed by atoms with van der Waals surface area (Å²) in [5.41, 5.74) is -0.103. The molecule has 1 fully saturated rings. The van der Waals surface area contributed by atoms with Crippen molar-refractivity contribution >= 4 is 17.5 Å². The smallest absolute Gasteiger partial charge is 0.195 e. The Morgan fingerprint density at radius 3 is 2.88 bits per heavy atom. The van der Waals surface area contributed by atoms with Gasteiger partial charge < -0.3 is 4.74 Å². The minimum atomic E-state index is -0.829. The molecule has 0 aliphatic carbocycles. The second kappa shape index (κ2) is 4.93. The van der Waals surface area contributed by atoms with Crippen LogP contribution in [0.25, 0.3) is 0 Å². The first-order valence-electron chi connectivity index (χ1n) is 4.87. The lowest BCUT2D eigenvalue weighted by Gasteiger charge is -2.21. The van der Waals surface area contributed by atoms with E-state index in [-0.39, 0.29) is 5.56 Å². The van der Waals surface area contributed by atoms with Crippen molar-refractivity contribution in [3.05, 3.63) is 35.4 Å². The largest absolute Gasteiger partial charge is 0.368 e. The average molecular weight is 244 g/mol. The molecule has 0 saturated carbocycles. The second-order valence-electron chi connectivity index (χ2n) is 3.42. The molecule has 86 valence electrons. The normalized spacial score (nSPS) is 20.8. The molecule has 1 aromatic rings. The fourth-order valence-electron chi connectivity index (χ4n) is 1.50. The zero-order valence-electron chi connectivity index (χ0n) is 8.41. The molecule has 1 atom stereocenters. The first-order chi connectivity index (χ1) is 7.68. The highest BCUT2D eigenvalue weighted by molar-refractivity contribution is 7.99. The summed E-state index contributed by atoms with van der Waals surface area (Å²) < 4.78 is 31.2. The lowest BCUT2D eigenvalue weighted by Crippen LogP contribution is -2.32. The number of hydrogen-bond donors (Lipinski definition) is 0. The maximum atomic E-state index is 13.3.